The Morgan fingerprint density at radius 1 is 1.25 bits per heavy atom. The number of hydrogen-bond acceptors (Lipinski definition) is 3. The summed E-state index contributed by atoms with van der Waals surface area (Å²) in [6, 6.07) is 4.78. The SMILES string of the molecule is O=C(NCc1cccc(C(F)(F)F)c1)c1cnccn1. The van der Waals surface area contributed by atoms with E-state index in [1.54, 1.807) is 0 Å². The lowest BCUT2D eigenvalue weighted by Crippen LogP contribution is -2.24. The molecule has 1 aromatic carbocycles. The van der Waals surface area contributed by atoms with E-state index in [9.17, 15) is 18.0 Å². The highest BCUT2D eigenvalue weighted by atomic mass is 19.4. The number of benzene rings is 1. The van der Waals surface area contributed by atoms with E-state index in [0.717, 1.165) is 12.1 Å². The number of carbonyl (C=O) groups is 1. The molecule has 1 aromatic heterocycles. The van der Waals surface area contributed by atoms with E-state index in [0.29, 0.717) is 5.56 Å². The fourth-order valence-corrected chi connectivity index (χ4v) is 1.55. The molecule has 0 radical (unpaired) electrons. The Kier molecular flexibility index (Phi) is 3.97. The highest BCUT2D eigenvalue weighted by molar-refractivity contribution is 5.91. The van der Waals surface area contributed by atoms with Crippen molar-refractivity contribution in [3.05, 3.63) is 59.7 Å². The van der Waals surface area contributed by atoms with Gasteiger partial charge in [0.1, 0.15) is 5.69 Å². The van der Waals surface area contributed by atoms with Crippen LogP contribution < -0.4 is 5.32 Å². The van der Waals surface area contributed by atoms with Crippen LogP contribution >= 0.6 is 0 Å². The highest BCUT2D eigenvalue weighted by Gasteiger charge is 2.30. The van der Waals surface area contributed by atoms with Gasteiger partial charge in [-0.1, -0.05) is 12.1 Å². The molecule has 0 spiro atoms. The maximum absolute atomic E-state index is 12.5. The van der Waals surface area contributed by atoms with Crippen molar-refractivity contribution in [1.82, 2.24) is 15.3 Å². The summed E-state index contributed by atoms with van der Waals surface area (Å²) < 4.78 is 37.6. The molecule has 0 saturated heterocycles. The number of carbonyl (C=O) groups excluding carboxylic acids is 1. The monoisotopic (exact) mass is 281 g/mol. The van der Waals surface area contributed by atoms with E-state index in [1.165, 1.54) is 30.7 Å². The predicted octanol–water partition coefficient (Wildman–Crippen LogP) is 2.43. The summed E-state index contributed by atoms with van der Waals surface area (Å²) in [5.74, 6) is -0.490. The molecule has 20 heavy (non-hydrogen) atoms. The maximum Gasteiger partial charge on any atom is 0.416 e. The number of nitrogens with one attached hydrogen (secondary N) is 1. The minimum Gasteiger partial charge on any atom is -0.347 e. The van der Waals surface area contributed by atoms with Crippen LogP contribution in [0, 0.1) is 0 Å². The smallest absolute Gasteiger partial charge is 0.347 e. The molecule has 0 fully saturated rings. The van der Waals surface area contributed by atoms with Gasteiger partial charge in [0.2, 0.25) is 0 Å². The van der Waals surface area contributed by atoms with Crippen LogP contribution in [0.25, 0.3) is 0 Å². The third kappa shape index (κ3) is 3.53. The van der Waals surface area contributed by atoms with Gasteiger partial charge in [-0.25, -0.2) is 4.98 Å². The van der Waals surface area contributed by atoms with Gasteiger partial charge < -0.3 is 5.32 Å². The Morgan fingerprint density at radius 3 is 2.70 bits per heavy atom. The normalized spacial score (nSPS) is 11.2. The zero-order valence-electron chi connectivity index (χ0n) is 10.2. The molecule has 0 atom stereocenters. The Bertz CT molecular complexity index is 599. The average molecular weight is 281 g/mol. The number of aromatic nitrogens is 2. The van der Waals surface area contributed by atoms with Gasteiger partial charge in [-0.3, -0.25) is 9.78 Å². The van der Waals surface area contributed by atoms with Gasteiger partial charge in [0, 0.05) is 18.9 Å². The average Bonchev–Trinajstić information content (AvgIpc) is 2.45. The van der Waals surface area contributed by atoms with Crippen molar-refractivity contribution in [1.29, 1.82) is 0 Å². The number of alkyl halides is 3. The van der Waals surface area contributed by atoms with Crippen LogP contribution in [0.15, 0.2) is 42.9 Å². The lowest BCUT2D eigenvalue weighted by Gasteiger charge is -2.09. The maximum atomic E-state index is 12.5. The number of hydrogen-bond donors (Lipinski definition) is 1. The first-order valence-corrected chi connectivity index (χ1v) is 5.67. The van der Waals surface area contributed by atoms with Crippen molar-refractivity contribution >= 4 is 5.91 Å². The molecular formula is C13H10F3N3O. The first-order valence-electron chi connectivity index (χ1n) is 5.67. The van der Waals surface area contributed by atoms with Crippen LogP contribution in [-0.4, -0.2) is 15.9 Å². The second-order valence-corrected chi connectivity index (χ2v) is 3.97. The van der Waals surface area contributed by atoms with Crippen molar-refractivity contribution < 1.29 is 18.0 Å². The Morgan fingerprint density at radius 2 is 2.05 bits per heavy atom. The number of rotatable bonds is 3. The van der Waals surface area contributed by atoms with Crippen molar-refractivity contribution in [3.63, 3.8) is 0 Å². The largest absolute Gasteiger partial charge is 0.416 e. The highest BCUT2D eigenvalue weighted by Crippen LogP contribution is 2.29. The summed E-state index contributed by atoms with van der Waals surface area (Å²) in [7, 11) is 0. The minimum absolute atomic E-state index is 0.0146. The molecule has 7 heteroatoms. The van der Waals surface area contributed by atoms with Crippen LogP contribution in [0.3, 0.4) is 0 Å². The standard InChI is InChI=1S/C13H10F3N3O/c14-13(15,16)10-3-1-2-9(6-10)7-19-12(20)11-8-17-4-5-18-11/h1-6,8H,7H2,(H,19,20). The summed E-state index contributed by atoms with van der Waals surface area (Å²) in [4.78, 5) is 19.2. The molecule has 0 saturated carbocycles. The lowest BCUT2D eigenvalue weighted by molar-refractivity contribution is -0.137. The molecule has 2 rings (SSSR count). The summed E-state index contributed by atoms with van der Waals surface area (Å²) >= 11 is 0. The van der Waals surface area contributed by atoms with Gasteiger partial charge in [0.05, 0.1) is 11.8 Å². The Balaban J connectivity index is 2.03. The predicted molar refractivity (Wildman–Crippen MR) is 64.6 cm³/mol. The van der Waals surface area contributed by atoms with Crippen molar-refractivity contribution in [2.24, 2.45) is 0 Å². The van der Waals surface area contributed by atoms with Gasteiger partial charge in [-0.15, -0.1) is 0 Å². The van der Waals surface area contributed by atoms with E-state index >= 15 is 0 Å². The van der Waals surface area contributed by atoms with Gasteiger partial charge >= 0.3 is 6.18 Å². The molecule has 0 aliphatic heterocycles. The van der Waals surface area contributed by atoms with Crippen LogP contribution in [-0.2, 0) is 12.7 Å². The first kappa shape index (κ1) is 14.0. The number of nitrogens with zero attached hydrogens (tertiary/aromatic N) is 2. The van der Waals surface area contributed by atoms with Gasteiger partial charge in [0.15, 0.2) is 0 Å². The van der Waals surface area contributed by atoms with Gasteiger partial charge in [-0.2, -0.15) is 13.2 Å². The summed E-state index contributed by atoms with van der Waals surface area (Å²) in [6.45, 7) is -0.0146. The summed E-state index contributed by atoms with van der Waals surface area (Å²) in [5.41, 5.74) is -0.278. The van der Waals surface area contributed by atoms with E-state index in [4.69, 9.17) is 0 Å². The van der Waals surface area contributed by atoms with Gasteiger partial charge in [-0.05, 0) is 17.7 Å². The zero-order chi connectivity index (χ0) is 14.6. The van der Waals surface area contributed by atoms with Crippen LogP contribution in [0.2, 0.25) is 0 Å². The third-order valence-electron chi connectivity index (χ3n) is 2.50. The number of halogens is 3. The third-order valence-corrected chi connectivity index (χ3v) is 2.50. The van der Waals surface area contributed by atoms with E-state index < -0.39 is 17.6 Å². The van der Waals surface area contributed by atoms with Gasteiger partial charge in [0.25, 0.3) is 5.91 Å². The fraction of sp³-hybridized carbons (Fsp3) is 0.154. The Hall–Kier alpha value is -2.44. The van der Waals surface area contributed by atoms with E-state index in [2.05, 4.69) is 15.3 Å². The van der Waals surface area contributed by atoms with Crippen molar-refractivity contribution in [2.45, 2.75) is 12.7 Å². The van der Waals surface area contributed by atoms with Crippen molar-refractivity contribution in [3.8, 4) is 0 Å². The van der Waals surface area contributed by atoms with E-state index in [1.807, 2.05) is 0 Å². The molecule has 1 heterocycles. The second-order valence-electron chi connectivity index (χ2n) is 3.97. The molecule has 0 aliphatic rings. The molecule has 4 nitrogen and oxygen atoms in total. The molecule has 0 aliphatic carbocycles. The molecule has 2 aromatic rings. The molecule has 0 bridgehead atoms. The minimum atomic E-state index is -4.40. The molecule has 1 amide bonds. The van der Waals surface area contributed by atoms with E-state index in [-0.39, 0.29) is 12.2 Å². The van der Waals surface area contributed by atoms with Crippen LogP contribution in [0.4, 0.5) is 13.2 Å². The first-order chi connectivity index (χ1) is 9.47. The second kappa shape index (κ2) is 5.68. The summed E-state index contributed by atoms with van der Waals surface area (Å²) in [5, 5.41) is 2.49. The molecule has 104 valence electrons. The topological polar surface area (TPSA) is 54.9 Å². The van der Waals surface area contributed by atoms with Crippen LogP contribution in [0.1, 0.15) is 21.6 Å². The molecule has 1 N–H and O–H groups in total. The molecular weight excluding hydrogens is 271 g/mol. The van der Waals surface area contributed by atoms with Crippen LogP contribution in [0.5, 0.6) is 0 Å². The zero-order valence-corrected chi connectivity index (χ0v) is 10.2. The Labute approximate surface area is 112 Å². The quantitative estimate of drug-likeness (QED) is 0.940. The molecule has 0 unspecified atom stereocenters. The fourth-order valence-electron chi connectivity index (χ4n) is 1.55. The lowest BCUT2D eigenvalue weighted by atomic mass is 10.1. The number of amides is 1. The van der Waals surface area contributed by atoms with Crippen molar-refractivity contribution in [2.75, 3.05) is 0 Å². The summed E-state index contributed by atoms with van der Waals surface area (Å²) in [6.07, 6.45) is -0.338.